The van der Waals surface area contributed by atoms with Gasteiger partial charge in [0.2, 0.25) is 0 Å². The lowest BCUT2D eigenvalue weighted by Crippen LogP contribution is -2.33. The van der Waals surface area contributed by atoms with Gasteiger partial charge in [0.05, 0.1) is 17.6 Å². The van der Waals surface area contributed by atoms with Gasteiger partial charge in [-0.05, 0) is 19.9 Å². The van der Waals surface area contributed by atoms with Crippen molar-refractivity contribution in [2.75, 3.05) is 33.4 Å². The second-order valence-electron chi connectivity index (χ2n) is 4.86. The quantitative estimate of drug-likeness (QED) is 0.648. The molecule has 2 heterocycles. The summed E-state index contributed by atoms with van der Waals surface area (Å²) in [5.74, 6) is -0.108. The first-order valence-corrected chi connectivity index (χ1v) is 6.93. The van der Waals surface area contributed by atoms with Crippen LogP contribution in [0.3, 0.4) is 0 Å². The fourth-order valence-corrected chi connectivity index (χ4v) is 2.14. The van der Waals surface area contributed by atoms with Gasteiger partial charge in [0.1, 0.15) is 0 Å². The second kappa shape index (κ2) is 7.14. The minimum Gasteiger partial charge on any atom is -0.383 e. The van der Waals surface area contributed by atoms with E-state index in [1.54, 1.807) is 13.2 Å². The summed E-state index contributed by atoms with van der Waals surface area (Å²) in [6.45, 7) is 6.43. The van der Waals surface area contributed by atoms with Gasteiger partial charge in [0.25, 0.3) is 5.91 Å². The van der Waals surface area contributed by atoms with Crippen LogP contribution in [0.15, 0.2) is 6.07 Å². The van der Waals surface area contributed by atoms with Crippen LogP contribution >= 0.6 is 0 Å². The van der Waals surface area contributed by atoms with Crippen molar-refractivity contribution >= 4 is 16.9 Å². The third-order valence-corrected chi connectivity index (χ3v) is 3.15. The van der Waals surface area contributed by atoms with Gasteiger partial charge in [-0.1, -0.05) is 0 Å². The molecular formula is C14H21N5O2. The van der Waals surface area contributed by atoms with Gasteiger partial charge in [-0.25, -0.2) is 4.98 Å². The van der Waals surface area contributed by atoms with Crippen LogP contribution in [-0.2, 0) is 4.74 Å². The maximum absolute atomic E-state index is 12.3. The molecule has 0 aliphatic rings. The first-order chi connectivity index (χ1) is 10.1. The Morgan fingerprint density at radius 3 is 2.90 bits per heavy atom. The number of hydrogen-bond donors (Lipinski definition) is 3. The Morgan fingerprint density at radius 2 is 2.14 bits per heavy atom. The molecule has 0 aromatic carbocycles. The van der Waals surface area contributed by atoms with E-state index in [4.69, 9.17) is 4.74 Å². The summed E-state index contributed by atoms with van der Waals surface area (Å²) >= 11 is 0. The van der Waals surface area contributed by atoms with Crippen LogP contribution < -0.4 is 10.6 Å². The fraction of sp³-hybridized carbons (Fsp3) is 0.500. The van der Waals surface area contributed by atoms with E-state index in [1.165, 1.54) is 0 Å². The van der Waals surface area contributed by atoms with Crippen molar-refractivity contribution in [3.8, 4) is 0 Å². The number of rotatable bonds is 7. The standard InChI is InChI=1S/C14H21N5O2/c1-9-8-11(12-10(2)18-19-13(12)17-9)14(20)16-5-4-15-6-7-21-3/h8,15H,4-7H2,1-3H3,(H,16,20)(H,17,18,19). The highest BCUT2D eigenvalue weighted by Crippen LogP contribution is 2.19. The number of aryl methyl sites for hydroxylation is 2. The summed E-state index contributed by atoms with van der Waals surface area (Å²) in [5.41, 5.74) is 2.81. The maximum Gasteiger partial charge on any atom is 0.252 e. The van der Waals surface area contributed by atoms with Crippen molar-refractivity contribution < 1.29 is 9.53 Å². The number of ether oxygens (including phenoxy) is 1. The van der Waals surface area contributed by atoms with Crippen molar-refractivity contribution in [3.05, 3.63) is 23.0 Å². The van der Waals surface area contributed by atoms with Crippen molar-refractivity contribution in [1.82, 2.24) is 25.8 Å². The summed E-state index contributed by atoms with van der Waals surface area (Å²) in [4.78, 5) is 16.6. The Kier molecular flexibility index (Phi) is 5.24. The molecule has 0 spiro atoms. The van der Waals surface area contributed by atoms with E-state index < -0.39 is 0 Å². The van der Waals surface area contributed by atoms with E-state index in [1.807, 2.05) is 13.8 Å². The maximum atomic E-state index is 12.3. The molecular weight excluding hydrogens is 270 g/mol. The number of hydrogen-bond acceptors (Lipinski definition) is 5. The van der Waals surface area contributed by atoms with Gasteiger partial charge in [0.15, 0.2) is 5.65 Å². The second-order valence-corrected chi connectivity index (χ2v) is 4.86. The number of carbonyl (C=O) groups excluding carboxylic acids is 1. The molecule has 3 N–H and O–H groups in total. The van der Waals surface area contributed by atoms with Gasteiger partial charge in [-0.15, -0.1) is 0 Å². The molecule has 0 fully saturated rings. The molecule has 0 unspecified atom stereocenters. The Bertz CT molecular complexity index is 623. The first kappa shape index (κ1) is 15.4. The van der Waals surface area contributed by atoms with E-state index in [2.05, 4.69) is 25.8 Å². The normalized spacial score (nSPS) is 11.0. The minimum atomic E-state index is -0.108. The Balaban J connectivity index is 2.01. The molecule has 2 aromatic heterocycles. The number of aromatic amines is 1. The number of H-pyrrole nitrogens is 1. The number of methoxy groups -OCH3 is 1. The highest BCUT2D eigenvalue weighted by atomic mass is 16.5. The third-order valence-electron chi connectivity index (χ3n) is 3.15. The molecule has 21 heavy (non-hydrogen) atoms. The lowest BCUT2D eigenvalue weighted by atomic mass is 10.1. The van der Waals surface area contributed by atoms with Crippen LogP contribution in [0.2, 0.25) is 0 Å². The molecule has 0 bridgehead atoms. The molecule has 114 valence electrons. The Morgan fingerprint density at radius 1 is 1.33 bits per heavy atom. The Hall–Kier alpha value is -1.99. The number of pyridine rings is 1. The SMILES string of the molecule is COCCNCCNC(=O)c1cc(C)nc2n[nH]c(C)c12. The highest BCUT2D eigenvalue weighted by molar-refractivity contribution is 6.06. The van der Waals surface area contributed by atoms with E-state index in [-0.39, 0.29) is 5.91 Å². The van der Waals surface area contributed by atoms with Crippen LogP contribution in [0.1, 0.15) is 21.7 Å². The molecule has 7 nitrogen and oxygen atoms in total. The molecule has 1 amide bonds. The predicted octanol–water partition coefficient (Wildman–Crippen LogP) is 0.541. The van der Waals surface area contributed by atoms with Crippen molar-refractivity contribution in [2.24, 2.45) is 0 Å². The van der Waals surface area contributed by atoms with Gasteiger partial charge in [-0.2, -0.15) is 5.10 Å². The number of nitrogens with one attached hydrogen (secondary N) is 3. The van der Waals surface area contributed by atoms with Gasteiger partial charge >= 0.3 is 0 Å². The highest BCUT2D eigenvalue weighted by Gasteiger charge is 2.15. The average molecular weight is 291 g/mol. The fourth-order valence-electron chi connectivity index (χ4n) is 2.14. The number of nitrogens with zero attached hydrogens (tertiary/aromatic N) is 2. The summed E-state index contributed by atoms with van der Waals surface area (Å²) in [6.07, 6.45) is 0. The topological polar surface area (TPSA) is 91.9 Å². The van der Waals surface area contributed by atoms with E-state index >= 15 is 0 Å². The summed E-state index contributed by atoms with van der Waals surface area (Å²) < 4.78 is 4.94. The summed E-state index contributed by atoms with van der Waals surface area (Å²) in [6, 6.07) is 1.79. The number of amides is 1. The summed E-state index contributed by atoms with van der Waals surface area (Å²) in [5, 5.41) is 13.8. The molecule has 2 aromatic rings. The van der Waals surface area contributed by atoms with Crippen molar-refractivity contribution in [1.29, 1.82) is 0 Å². The smallest absolute Gasteiger partial charge is 0.252 e. The number of carbonyl (C=O) groups is 1. The van der Waals surface area contributed by atoms with Crippen LogP contribution in [0, 0.1) is 13.8 Å². The number of fused-ring (bicyclic) bond motifs is 1. The predicted molar refractivity (Wildman–Crippen MR) is 80.4 cm³/mol. The zero-order valence-electron chi connectivity index (χ0n) is 12.6. The summed E-state index contributed by atoms with van der Waals surface area (Å²) in [7, 11) is 1.66. The average Bonchev–Trinajstić information content (AvgIpc) is 2.83. The lowest BCUT2D eigenvalue weighted by molar-refractivity contribution is 0.0955. The van der Waals surface area contributed by atoms with Crippen molar-refractivity contribution in [3.63, 3.8) is 0 Å². The third kappa shape index (κ3) is 3.77. The monoisotopic (exact) mass is 291 g/mol. The van der Waals surface area contributed by atoms with Gasteiger partial charge in [0, 0.05) is 38.1 Å². The van der Waals surface area contributed by atoms with Crippen molar-refractivity contribution in [2.45, 2.75) is 13.8 Å². The largest absolute Gasteiger partial charge is 0.383 e. The minimum absolute atomic E-state index is 0.108. The molecule has 0 saturated carbocycles. The van der Waals surface area contributed by atoms with Crippen LogP contribution in [0.4, 0.5) is 0 Å². The first-order valence-electron chi connectivity index (χ1n) is 6.93. The molecule has 7 heteroatoms. The van der Waals surface area contributed by atoms with E-state index in [0.29, 0.717) is 30.9 Å². The molecule has 0 aliphatic heterocycles. The van der Waals surface area contributed by atoms with Gasteiger partial charge < -0.3 is 15.4 Å². The number of aromatic nitrogens is 3. The molecule has 0 radical (unpaired) electrons. The molecule has 2 rings (SSSR count). The zero-order valence-corrected chi connectivity index (χ0v) is 12.6. The van der Waals surface area contributed by atoms with Crippen LogP contribution in [-0.4, -0.2) is 54.4 Å². The van der Waals surface area contributed by atoms with E-state index in [0.717, 1.165) is 23.3 Å². The Labute approximate surface area is 123 Å². The van der Waals surface area contributed by atoms with E-state index in [9.17, 15) is 4.79 Å². The van der Waals surface area contributed by atoms with Gasteiger partial charge in [-0.3, -0.25) is 9.89 Å². The zero-order chi connectivity index (χ0) is 15.2. The molecule has 0 aliphatic carbocycles. The van der Waals surface area contributed by atoms with Crippen LogP contribution in [0.25, 0.3) is 11.0 Å². The molecule has 0 atom stereocenters. The molecule has 0 saturated heterocycles. The lowest BCUT2D eigenvalue weighted by Gasteiger charge is -2.08. The van der Waals surface area contributed by atoms with Crippen LogP contribution in [0.5, 0.6) is 0 Å².